The van der Waals surface area contributed by atoms with Gasteiger partial charge in [-0.2, -0.15) is 0 Å². The van der Waals surface area contributed by atoms with Crippen molar-refractivity contribution in [3.05, 3.63) is 39.8 Å². The highest BCUT2D eigenvalue weighted by molar-refractivity contribution is 7.11. The second-order valence-corrected chi connectivity index (χ2v) is 6.87. The Labute approximate surface area is 153 Å². The maximum absolute atomic E-state index is 5.49. The van der Waals surface area contributed by atoms with Crippen molar-refractivity contribution in [3.8, 4) is 11.5 Å². The minimum absolute atomic E-state index is 0.623. The number of rotatable bonds is 7. The molecule has 2 aromatic rings. The number of aromatic nitrogens is 1. The molecular weight excluding hydrogens is 336 g/mol. The normalized spacial score (nSPS) is 11.3. The fraction of sp³-hybridized carbons (Fsp3) is 0.444. The molecule has 0 aliphatic carbocycles. The molecule has 0 unspecified atom stereocenters. The van der Waals surface area contributed by atoms with E-state index in [2.05, 4.69) is 22.1 Å². The average Bonchev–Trinajstić information content (AvgIpc) is 3.04. The molecule has 0 aliphatic rings. The van der Waals surface area contributed by atoms with E-state index in [4.69, 9.17) is 14.5 Å². The van der Waals surface area contributed by atoms with Gasteiger partial charge in [0.15, 0.2) is 5.96 Å². The molecular formula is C18H26N4O2S. The van der Waals surface area contributed by atoms with Crippen LogP contribution < -0.4 is 14.8 Å². The zero-order valence-electron chi connectivity index (χ0n) is 15.5. The van der Waals surface area contributed by atoms with E-state index in [9.17, 15) is 0 Å². The monoisotopic (exact) mass is 362 g/mol. The van der Waals surface area contributed by atoms with Crippen molar-refractivity contribution >= 4 is 17.3 Å². The molecule has 1 heterocycles. The summed E-state index contributed by atoms with van der Waals surface area (Å²) < 4.78 is 10.7. The van der Waals surface area contributed by atoms with Crippen LogP contribution in [0.4, 0.5) is 0 Å². The summed E-state index contributed by atoms with van der Waals surface area (Å²) in [6, 6.07) is 5.85. The predicted octanol–water partition coefficient (Wildman–Crippen LogP) is 3.07. The van der Waals surface area contributed by atoms with Crippen LogP contribution in [-0.2, 0) is 13.1 Å². The molecule has 1 aromatic heterocycles. The van der Waals surface area contributed by atoms with Crippen LogP contribution in [0.15, 0.2) is 29.4 Å². The second kappa shape index (κ2) is 9.27. The molecule has 0 aliphatic heterocycles. The summed E-state index contributed by atoms with van der Waals surface area (Å²) in [5.41, 5.74) is 1.07. The number of hydrogen-bond donors (Lipinski definition) is 1. The van der Waals surface area contributed by atoms with Gasteiger partial charge in [-0.25, -0.2) is 9.98 Å². The summed E-state index contributed by atoms with van der Waals surface area (Å²) >= 11 is 1.68. The highest BCUT2D eigenvalue weighted by Gasteiger charge is 2.11. The number of nitrogens with one attached hydrogen (secondary N) is 1. The van der Waals surface area contributed by atoms with Crippen LogP contribution in [-0.4, -0.2) is 43.7 Å². The third-order valence-electron chi connectivity index (χ3n) is 3.65. The molecule has 0 saturated heterocycles. The average molecular weight is 362 g/mol. The topological polar surface area (TPSA) is 59.0 Å². The quantitative estimate of drug-likeness (QED) is 0.606. The molecule has 25 heavy (non-hydrogen) atoms. The number of aryl methyl sites for hydroxylation is 1. The largest absolute Gasteiger partial charge is 0.497 e. The summed E-state index contributed by atoms with van der Waals surface area (Å²) in [6.45, 7) is 6.18. The first-order chi connectivity index (χ1) is 12.1. The molecule has 0 amide bonds. The van der Waals surface area contributed by atoms with Crippen LogP contribution in [0.2, 0.25) is 0 Å². The lowest BCUT2D eigenvalue weighted by atomic mass is 10.2. The zero-order chi connectivity index (χ0) is 18.2. The molecule has 0 atom stereocenters. The van der Waals surface area contributed by atoms with Crippen molar-refractivity contribution in [1.82, 2.24) is 15.2 Å². The van der Waals surface area contributed by atoms with Gasteiger partial charge in [-0.1, -0.05) is 0 Å². The van der Waals surface area contributed by atoms with Crippen LogP contribution in [0, 0.1) is 6.92 Å². The summed E-state index contributed by atoms with van der Waals surface area (Å²) in [5.74, 6) is 2.44. The Hall–Kier alpha value is -2.28. The Balaban J connectivity index is 2.13. The molecule has 136 valence electrons. The molecule has 7 heteroatoms. The van der Waals surface area contributed by atoms with Crippen molar-refractivity contribution in [2.24, 2.45) is 4.99 Å². The fourth-order valence-corrected chi connectivity index (χ4v) is 3.13. The van der Waals surface area contributed by atoms with Crippen LogP contribution in [0.5, 0.6) is 11.5 Å². The first-order valence-corrected chi connectivity index (χ1v) is 9.00. The second-order valence-electron chi connectivity index (χ2n) is 5.55. The maximum Gasteiger partial charge on any atom is 0.194 e. The Morgan fingerprint density at radius 1 is 1.32 bits per heavy atom. The lowest BCUT2D eigenvalue weighted by molar-refractivity contribution is 0.382. The van der Waals surface area contributed by atoms with Gasteiger partial charge in [0.1, 0.15) is 11.5 Å². The minimum Gasteiger partial charge on any atom is -0.497 e. The van der Waals surface area contributed by atoms with E-state index in [1.54, 1.807) is 25.6 Å². The smallest absolute Gasteiger partial charge is 0.194 e. The molecule has 0 spiro atoms. The van der Waals surface area contributed by atoms with Crippen molar-refractivity contribution in [2.45, 2.75) is 26.9 Å². The van der Waals surface area contributed by atoms with E-state index in [-0.39, 0.29) is 0 Å². The Morgan fingerprint density at radius 3 is 2.72 bits per heavy atom. The number of guanidine groups is 1. The van der Waals surface area contributed by atoms with Gasteiger partial charge in [0.05, 0.1) is 25.8 Å². The fourth-order valence-electron chi connectivity index (χ4n) is 2.41. The third kappa shape index (κ3) is 5.35. The minimum atomic E-state index is 0.623. The number of methoxy groups -OCH3 is 2. The number of aliphatic imine (C=N–C) groups is 1. The molecule has 6 nitrogen and oxygen atoms in total. The van der Waals surface area contributed by atoms with Crippen LogP contribution in [0.25, 0.3) is 0 Å². The molecule has 2 rings (SSSR count). The molecule has 1 N–H and O–H groups in total. The van der Waals surface area contributed by atoms with Gasteiger partial charge in [-0.05, 0) is 26.0 Å². The van der Waals surface area contributed by atoms with Gasteiger partial charge in [0, 0.05) is 42.8 Å². The van der Waals surface area contributed by atoms with Gasteiger partial charge in [-0.3, -0.25) is 0 Å². The number of ether oxygens (including phenoxy) is 2. The Bertz CT molecular complexity index is 715. The van der Waals surface area contributed by atoms with Crippen molar-refractivity contribution < 1.29 is 9.47 Å². The Morgan fingerprint density at radius 2 is 2.12 bits per heavy atom. The summed E-state index contributed by atoms with van der Waals surface area (Å²) in [7, 11) is 5.34. The molecule has 0 radical (unpaired) electrons. The van der Waals surface area contributed by atoms with E-state index in [1.165, 1.54) is 0 Å². The van der Waals surface area contributed by atoms with Gasteiger partial charge >= 0.3 is 0 Å². The lowest BCUT2D eigenvalue weighted by Crippen LogP contribution is -2.38. The van der Waals surface area contributed by atoms with Crippen LogP contribution in [0.3, 0.4) is 0 Å². The van der Waals surface area contributed by atoms with Gasteiger partial charge < -0.3 is 19.7 Å². The van der Waals surface area contributed by atoms with Gasteiger partial charge in [-0.15, -0.1) is 11.3 Å². The summed E-state index contributed by atoms with van der Waals surface area (Å²) in [5, 5.41) is 4.40. The SMILES string of the molecule is CCNC(=NCc1cnc(C)s1)N(C)Cc1ccc(OC)cc1OC. The summed E-state index contributed by atoms with van der Waals surface area (Å²) in [6.07, 6.45) is 1.89. The van der Waals surface area contributed by atoms with Crippen LogP contribution >= 0.6 is 11.3 Å². The first kappa shape index (κ1) is 19.1. The highest BCUT2D eigenvalue weighted by atomic mass is 32.1. The number of nitrogens with zero attached hydrogens (tertiary/aromatic N) is 3. The highest BCUT2D eigenvalue weighted by Crippen LogP contribution is 2.25. The van der Waals surface area contributed by atoms with Gasteiger partial charge in [0.25, 0.3) is 0 Å². The van der Waals surface area contributed by atoms with Crippen molar-refractivity contribution in [2.75, 3.05) is 27.8 Å². The van der Waals surface area contributed by atoms with E-state index in [1.807, 2.05) is 38.4 Å². The molecule has 1 aromatic carbocycles. The molecule has 0 fully saturated rings. The zero-order valence-corrected chi connectivity index (χ0v) is 16.3. The van der Waals surface area contributed by atoms with Crippen LogP contribution in [0.1, 0.15) is 22.4 Å². The molecule has 0 bridgehead atoms. The van der Waals surface area contributed by atoms with Gasteiger partial charge in [0.2, 0.25) is 0 Å². The summed E-state index contributed by atoms with van der Waals surface area (Å²) in [4.78, 5) is 12.2. The van der Waals surface area contributed by atoms with Crippen molar-refractivity contribution in [1.29, 1.82) is 0 Å². The first-order valence-electron chi connectivity index (χ1n) is 8.19. The maximum atomic E-state index is 5.49. The lowest BCUT2D eigenvalue weighted by Gasteiger charge is -2.23. The predicted molar refractivity (Wildman–Crippen MR) is 103 cm³/mol. The van der Waals surface area contributed by atoms with E-state index >= 15 is 0 Å². The number of thiazole rings is 1. The van der Waals surface area contributed by atoms with Crippen molar-refractivity contribution in [3.63, 3.8) is 0 Å². The Kier molecular flexibility index (Phi) is 7.06. The third-order valence-corrected chi connectivity index (χ3v) is 4.55. The van der Waals surface area contributed by atoms with E-state index in [0.717, 1.165) is 39.5 Å². The van der Waals surface area contributed by atoms with E-state index in [0.29, 0.717) is 13.1 Å². The number of hydrogen-bond acceptors (Lipinski definition) is 5. The van der Waals surface area contributed by atoms with E-state index < -0.39 is 0 Å². The molecule has 0 saturated carbocycles. The number of benzene rings is 1. The standard InChI is InChI=1S/C18H26N4O2S/c1-6-19-18(21-11-16-10-20-13(2)25-16)22(3)12-14-7-8-15(23-4)9-17(14)24-5/h7-10H,6,11-12H2,1-5H3,(H,19,21).